The molecule has 0 radical (unpaired) electrons. The molecule has 1 spiro atoms. The molecule has 3 aliphatic rings. The van der Waals surface area contributed by atoms with Gasteiger partial charge in [-0.15, -0.1) is 0 Å². The molecular weight excluding hydrogens is 318 g/mol. The Labute approximate surface area is 150 Å². The lowest BCUT2D eigenvalue weighted by Gasteiger charge is -2.44. The monoisotopic (exact) mass is 347 g/mol. The quantitative estimate of drug-likeness (QED) is 0.811. The normalized spacial score (nSPS) is 32.1. The second kappa shape index (κ2) is 8.10. The maximum atomic E-state index is 6.30. The summed E-state index contributed by atoms with van der Waals surface area (Å²) in [4.78, 5) is 9.13. The van der Waals surface area contributed by atoms with Crippen LogP contribution < -0.4 is 0 Å². The first-order valence-electron chi connectivity index (χ1n) is 9.44. The van der Waals surface area contributed by atoms with Gasteiger partial charge in [-0.1, -0.05) is 0 Å². The van der Waals surface area contributed by atoms with Gasteiger partial charge in [0.1, 0.15) is 5.60 Å². The minimum Gasteiger partial charge on any atom is -0.381 e. The number of aromatic nitrogens is 1. The Morgan fingerprint density at radius 3 is 2.72 bits per heavy atom. The summed E-state index contributed by atoms with van der Waals surface area (Å²) in [6.07, 6.45) is 4.92. The minimum atomic E-state index is -0.207. The van der Waals surface area contributed by atoms with E-state index in [1.165, 1.54) is 12.0 Å². The fourth-order valence-corrected chi connectivity index (χ4v) is 4.22. The fraction of sp³-hybridized carbons (Fsp3) is 0.737. The number of pyridine rings is 1. The number of hydrogen-bond acceptors (Lipinski definition) is 6. The summed E-state index contributed by atoms with van der Waals surface area (Å²) in [5.41, 5.74) is 1.09. The molecular formula is C19H29N3O3. The van der Waals surface area contributed by atoms with E-state index < -0.39 is 0 Å². The van der Waals surface area contributed by atoms with E-state index in [4.69, 9.17) is 14.2 Å². The Morgan fingerprint density at radius 1 is 1.04 bits per heavy atom. The number of ether oxygens (including phenoxy) is 3. The maximum absolute atomic E-state index is 6.30. The van der Waals surface area contributed by atoms with Gasteiger partial charge in [0.2, 0.25) is 0 Å². The van der Waals surface area contributed by atoms with Crippen molar-refractivity contribution in [3.63, 3.8) is 0 Å². The number of hydrogen-bond donors (Lipinski definition) is 0. The van der Waals surface area contributed by atoms with Crippen molar-refractivity contribution in [3.05, 3.63) is 30.1 Å². The largest absolute Gasteiger partial charge is 0.381 e. The Balaban J connectivity index is 1.39. The Kier molecular flexibility index (Phi) is 5.63. The van der Waals surface area contributed by atoms with Crippen LogP contribution in [0.5, 0.6) is 0 Å². The van der Waals surface area contributed by atoms with Crippen molar-refractivity contribution in [2.75, 3.05) is 65.8 Å². The zero-order valence-corrected chi connectivity index (χ0v) is 14.9. The lowest BCUT2D eigenvalue weighted by molar-refractivity contribution is -0.143. The summed E-state index contributed by atoms with van der Waals surface area (Å²) in [6.45, 7) is 9.97. The molecule has 6 heteroatoms. The zero-order valence-electron chi connectivity index (χ0n) is 14.9. The van der Waals surface area contributed by atoms with Crippen LogP contribution in [0.25, 0.3) is 0 Å². The summed E-state index contributed by atoms with van der Waals surface area (Å²) in [5, 5.41) is 0. The van der Waals surface area contributed by atoms with Crippen LogP contribution in [0, 0.1) is 5.92 Å². The zero-order chi connectivity index (χ0) is 17.0. The third kappa shape index (κ3) is 4.57. The van der Waals surface area contributed by atoms with Crippen LogP contribution >= 0.6 is 0 Å². The average Bonchev–Trinajstić information content (AvgIpc) is 3.05. The molecule has 4 rings (SSSR count). The van der Waals surface area contributed by atoms with E-state index in [-0.39, 0.29) is 5.60 Å². The van der Waals surface area contributed by atoms with Gasteiger partial charge in [-0.2, -0.15) is 0 Å². The van der Waals surface area contributed by atoms with Gasteiger partial charge in [0, 0.05) is 58.3 Å². The molecule has 0 aliphatic carbocycles. The highest BCUT2D eigenvalue weighted by molar-refractivity contribution is 5.10. The smallest absolute Gasteiger partial charge is 0.117 e. The van der Waals surface area contributed by atoms with Crippen molar-refractivity contribution < 1.29 is 14.2 Å². The molecule has 2 atom stereocenters. The van der Waals surface area contributed by atoms with Crippen LogP contribution in [0.15, 0.2) is 24.5 Å². The van der Waals surface area contributed by atoms with Gasteiger partial charge >= 0.3 is 0 Å². The highest BCUT2D eigenvalue weighted by Gasteiger charge is 2.40. The molecule has 0 bridgehead atoms. The molecule has 0 N–H and O–H groups in total. The summed E-state index contributed by atoms with van der Waals surface area (Å²) >= 11 is 0. The standard InChI is InChI=1S/C19H29N3O3/c1-4-20-5-2-17(1)11-21-6-9-24-16-19(14-21)15-22(7-10-25-19)12-18-3-8-23-13-18/h1-2,4-5,18H,3,6-16H2/t18-,19-/m0/s1. The van der Waals surface area contributed by atoms with Crippen LogP contribution in [-0.4, -0.2) is 86.1 Å². The van der Waals surface area contributed by atoms with E-state index in [1.54, 1.807) is 0 Å². The molecule has 3 saturated heterocycles. The third-order valence-corrected chi connectivity index (χ3v) is 5.45. The van der Waals surface area contributed by atoms with E-state index in [1.807, 2.05) is 12.4 Å². The molecule has 1 aromatic rings. The fourth-order valence-electron chi connectivity index (χ4n) is 4.22. The van der Waals surface area contributed by atoms with Crippen molar-refractivity contribution >= 4 is 0 Å². The van der Waals surface area contributed by atoms with Gasteiger partial charge in [-0.3, -0.25) is 14.8 Å². The molecule has 3 fully saturated rings. The van der Waals surface area contributed by atoms with Gasteiger partial charge in [-0.25, -0.2) is 0 Å². The van der Waals surface area contributed by atoms with E-state index in [0.717, 1.165) is 65.7 Å². The molecule has 0 saturated carbocycles. The Morgan fingerprint density at radius 2 is 1.88 bits per heavy atom. The second-order valence-electron chi connectivity index (χ2n) is 7.61. The molecule has 1 aromatic heterocycles. The molecule has 25 heavy (non-hydrogen) atoms. The highest BCUT2D eigenvalue weighted by atomic mass is 16.5. The van der Waals surface area contributed by atoms with Gasteiger partial charge < -0.3 is 14.2 Å². The van der Waals surface area contributed by atoms with Crippen LogP contribution in [0.1, 0.15) is 12.0 Å². The predicted octanol–water partition coefficient (Wildman–Crippen LogP) is 1.02. The molecule has 138 valence electrons. The molecule has 0 aromatic carbocycles. The molecule has 4 heterocycles. The number of morpholine rings is 1. The first-order chi connectivity index (χ1) is 12.3. The summed E-state index contributed by atoms with van der Waals surface area (Å²) < 4.78 is 17.8. The number of nitrogens with zero attached hydrogens (tertiary/aromatic N) is 3. The van der Waals surface area contributed by atoms with Gasteiger partial charge in [-0.05, 0) is 30.0 Å². The van der Waals surface area contributed by atoms with Gasteiger partial charge in [0.15, 0.2) is 0 Å². The van der Waals surface area contributed by atoms with Gasteiger partial charge in [0.05, 0.1) is 26.4 Å². The van der Waals surface area contributed by atoms with Crippen molar-refractivity contribution in [2.45, 2.75) is 18.6 Å². The first-order valence-corrected chi connectivity index (χ1v) is 9.44. The Bertz CT molecular complexity index is 538. The lowest BCUT2D eigenvalue weighted by atomic mass is 9.99. The highest BCUT2D eigenvalue weighted by Crippen LogP contribution is 2.25. The second-order valence-corrected chi connectivity index (χ2v) is 7.61. The molecule has 0 amide bonds. The van der Waals surface area contributed by atoms with Crippen molar-refractivity contribution in [1.29, 1.82) is 0 Å². The molecule has 3 aliphatic heterocycles. The maximum Gasteiger partial charge on any atom is 0.117 e. The third-order valence-electron chi connectivity index (χ3n) is 5.45. The van der Waals surface area contributed by atoms with Crippen molar-refractivity contribution in [3.8, 4) is 0 Å². The lowest BCUT2D eigenvalue weighted by Crippen LogP contribution is -2.59. The van der Waals surface area contributed by atoms with E-state index in [0.29, 0.717) is 12.5 Å². The van der Waals surface area contributed by atoms with Crippen LogP contribution in [0.3, 0.4) is 0 Å². The molecule has 0 unspecified atom stereocenters. The first kappa shape index (κ1) is 17.4. The number of rotatable bonds is 4. The molecule has 6 nitrogen and oxygen atoms in total. The van der Waals surface area contributed by atoms with Crippen molar-refractivity contribution in [1.82, 2.24) is 14.8 Å². The Hall–Kier alpha value is -1.05. The van der Waals surface area contributed by atoms with Gasteiger partial charge in [0.25, 0.3) is 0 Å². The topological polar surface area (TPSA) is 47.1 Å². The van der Waals surface area contributed by atoms with Crippen LogP contribution in [0.2, 0.25) is 0 Å². The minimum absolute atomic E-state index is 0.207. The van der Waals surface area contributed by atoms with E-state index in [9.17, 15) is 0 Å². The summed E-state index contributed by atoms with van der Waals surface area (Å²) in [6, 6.07) is 4.18. The van der Waals surface area contributed by atoms with E-state index in [2.05, 4.69) is 26.9 Å². The predicted molar refractivity (Wildman–Crippen MR) is 94.4 cm³/mol. The van der Waals surface area contributed by atoms with Crippen LogP contribution in [-0.2, 0) is 20.8 Å². The SMILES string of the molecule is c1cc(CN2CCOC[C@]3(C2)CN(C[C@@H]2CCOC2)CCO3)ccn1. The van der Waals surface area contributed by atoms with E-state index >= 15 is 0 Å². The summed E-state index contributed by atoms with van der Waals surface area (Å²) in [5.74, 6) is 0.676. The average molecular weight is 347 g/mol. The summed E-state index contributed by atoms with van der Waals surface area (Å²) in [7, 11) is 0. The van der Waals surface area contributed by atoms with Crippen molar-refractivity contribution in [2.24, 2.45) is 5.92 Å². The van der Waals surface area contributed by atoms with Crippen LogP contribution in [0.4, 0.5) is 0 Å².